The van der Waals surface area contributed by atoms with Crippen molar-refractivity contribution in [2.45, 2.75) is 44.7 Å². The number of carboxylic acids is 1. The first-order chi connectivity index (χ1) is 7.06. The Labute approximate surface area is 89.2 Å². The molecule has 0 bridgehead atoms. The molecular weight excluding hydrogens is 196 g/mol. The highest BCUT2D eigenvalue weighted by atomic mass is 16.4. The van der Waals surface area contributed by atoms with Gasteiger partial charge in [-0.15, -0.1) is 0 Å². The van der Waals surface area contributed by atoms with Crippen LogP contribution in [0.25, 0.3) is 0 Å². The Bertz CT molecular complexity index is 251. The van der Waals surface area contributed by atoms with Gasteiger partial charge in [0.1, 0.15) is 0 Å². The van der Waals surface area contributed by atoms with Gasteiger partial charge in [0.2, 0.25) is 5.91 Å². The molecule has 0 spiro atoms. The van der Waals surface area contributed by atoms with Gasteiger partial charge in [-0.1, -0.05) is 6.92 Å². The monoisotopic (exact) mass is 214 g/mol. The van der Waals surface area contributed by atoms with E-state index in [0.29, 0.717) is 6.42 Å². The number of hydrogen-bond acceptors (Lipinski definition) is 3. The summed E-state index contributed by atoms with van der Waals surface area (Å²) in [4.78, 5) is 23.8. The summed E-state index contributed by atoms with van der Waals surface area (Å²) < 4.78 is 0. The van der Waals surface area contributed by atoms with E-state index in [1.54, 1.807) is 4.90 Å². The highest BCUT2D eigenvalue weighted by Crippen LogP contribution is 2.27. The lowest BCUT2D eigenvalue weighted by atomic mass is 10.2. The number of nitrogens with two attached hydrogens (primary N) is 1. The van der Waals surface area contributed by atoms with Crippen LogP contribution in [0.15, 0.2) is 0 Å². The zero-order valence-corrected chi connectivity index (χ0v) is 8.98. The predicted molar refractivity (Wildman–Crippen MR) is 55.3 cm³/mol. The van der Waals surface area contributed by atoms with Crippen molar-refractivity contribution in [2.75, 3.05) is 6.54 Å². The number of aliphatic carboxylic acids is 1. The van der Waals surface area contributed by atoms with Crippen LogP contribution in [0.1, 0.15) is 32.6 Å². The van der Waals surface area contributed by atoms with Crippen LogP contribution in [0.3, 0.4) is 0 Å². The Hall–Kier alpha value is -1.10. The number of carbonyl (C=O) groups excluding carboxylic acids is 1. The minimum atomic E-state index is -0.876. The second-order valence-corrected chi connectivity index (χ2v) is 3.92. The number of carbonyl (C=O) groups is 2. The number of rotatable bonds is 6. The van der Waals surface area contributed by atoms with Crippen molar-refractivity contribution in [1.29, 1.82) is 0 Å². The van der Waals surface area contributed by atoms with Crippen molar-refractivity contribution in [3.05, 3.63) is 0 Å². The van der Waals surface area contributed by atoms with Gasteiger partial charge in [-0.3, -0.25) is 9.59 Å². The molecule has 5 nitrogen and oxygen atoms in total. The van der Waals surface area contributed by atoms with Gasteiger partial charge in [0.05, 0.1) is 12.5 Å². The highest BCUT2D eigenvalue weighted by Gasteiger charge is 2.34. The second kappa shape index (κ2) is 5.11. The molecule has 3 N–H and O–H groups in total. The first-order valence-corrected chi connectivity index (χ1v) is 5.34. The summed E-state index contributed by atoms with van der Waals surface area (Å²) >= 11 is 0. The number of hydrogen-bond donors (Lipinski definition) is 2. The molecular formula is C10H18N2O3. The third-order valence-electron chi connectivity index (χ3n) is 2.59. The smallest absolute Gasteiger partial charge is 0.305 e. The molecule has 0 aliphatic heterocycles. The van der Waals surface area contributed by atoms with Gasteiger partial charge >= 0.3 is 5.97 Å². The predicted octanol–water partition coefficient (Wildman–Crippen LogP) is 0.189. The lowest BCUT2D eigenvalue weighted by Crippen LogP contribution is -2.45. The van der Waals surface area contributed by atoms with Crippen LogP contribution in [0.2, 0.25) is 0 Å². The molecule has 0 radical (unpaired) electrons. The fourth-order valence-corrected chi connectivity index (χ4v) is 1.46. The molecule has 1 atom stereocenters. The molecule has 1 rings (SSSR count). The maximum Gasteiger partial charge on any atom is 0.305 e. The summed E-state index contributed by atoms with van der Waals surface area (Å²) in [5.41, 5.74) is 5.65. The van der Waals surface area contributed by atoms with E-state index in [1.165, 1.54) is 0 Å². The van der Waals surface area contributed by atoms with Gasteiger partial charge in [-0.25, -0.2) is 0 Å². The summed E-state index contributed by atoms with van der Waals surface area (Å²) in [6.45, 7) is 2.14. The molecule has 1 aliphatic carbocycles. The number of amides is 1. The molecule has 0 aromatic heterocycles. The SMILES string of the molecule is CC[C@@H](N)C(=O)N(CCC(=O)O)C1CC1. The number of nitrogens with zero attached hydrogens (tertiary/aromatic N) is 1. The zero-order chi connectivity index (χ0) is 11.4. The van der Waals surface area contributed by atoms with Crippen LogP contribution in [0.5, 0.6) is 0 Å². The minimum absolute atomic E-state index is 0.00132. The Balaban J connectivity index is 2.49. The van der Waals surface area contributed by atoms with E-state index in [-0.39, 0.29) is 24.9 Å². The Morgan fingerprint density at radius 2 is 2.13 bits per heavy atom. The lowest BCUT2D eigenvalue weighted by molar-refractivity contribution is -0.139. The molecule has 1 amide bonds. The van der Waals surface area contributed by atoms with Gasteiger partial charge in [-0.2, -0.15) is 0 Å². The first kappa shape index (κ1) is 12.0. The summed E-state index contributed by atoms with van der Waals surface area (Å²) in [7, 11) is 0. The van der Waals surface area contributed by atoms with Crippen molar-refractivity contribution in [3.63, 3.8) is 0 Å². The van der Waals surface area contributed by atoms with E-state index in [2.05, 4.69) is 0 Å². The maximum atomic E-state index is 11.8. The lowest BCUT2D eigenvalue weighted by Gasteiger charge is -2.24. The number of carboxylic acid groups (broad SMARTS) is 1. The van der Waals surface area contributed by atoms with Crippen LogP contribution in [-0.2, 0) is 9.59 Å². The Morgan fingerprint density at radius 1 is 1.53 bits per heavy atom. The van der Waals surface area contributed by atoms with Crippen LogP contribution < -0.4 is 5.73 Å². The fourth-order valence-electron chi connectivity index (χ4n) is 1.46. The molecule has 0 heterocycles. The van der Waals surface area contributed by atoms with E-state index in [4.69, 9.17) is 10.8 Å². The molecule has 0 unspecified atom stereocenters. The fraction of sp³-hybridized carbons (Fsp3) is 0.800. The summed E-state index contributed by atoms with van der Waals surface area (Å²) in [6, 6.07) is -0.256. The summed E-state index contributed by atoms with van der Waals surface area (Å²) in [6.07, 6.45) is 2.54. The Kier molecular flexibility index (Phi) is 4.08. The standard InChI is InChI=1S/C10H18N2O3/c1-2-8(11)10(15)12(7-3-4-7)6-5-9(13)14/h7-8H,2-6,11H2,1H3,(H,13,14)/t8-/m1/s1. The van der Waals surface area contributed by atoms with E-state index in [1.807, 2.05) is 6.92 Å². The average molecular weight is 214 g/mol. The molecule has 1 fully saturated rings. The summed E-state index contributed by atoms with van der Waals surface area (Å²) in [5, 5.41) is 8.57. The van der Waals surface area contributed by atoms with Crippen molar-refractivity contribution < 1.29 is 14.7 Å². The third kappa shape index (κ3) is 3.51. The van der Waals surface area contributed by atoms with Crippen molar-refractivity contribution >= 4 is 11.9 Å². The van der Waals surface area contributed by atoms with Gasteiger partial charge in [0, 0.05) is 12.6 Å². The molecule has 0 saturated heterocycles. The zero-order valence-electron chi connectivity index (χ0n) is 8.98. The topological polar surface area (TPSA) is 83.6 Å². The molecule has 15 heavy (non-hydrogen) atoms. The molecule has 86 valence electrons. The van der Waals surface area contributed by atoms with Crippen LogP contribution in [0, 0.1) is 0 Å². The van der Waals surface area contributed by atoms with Crippen LogP contribution in [-0.4, -0.2) is 40.5 Å². The van der Waals surface area contributed by atoms with Crippen LogP contribution >= 0.6 is 0 Å². The van der Waals surface area contributed by atoms with Gasteiger partial charge in [-0.05, 0) is 19.3 Å². The van der Waals surface area contributed by atoms with E-state index >= 15 is 0 Å². The van der Waals surface area contributed by atoms with E-state index in [0.717, 1.165) is 12.8 Å². The molecule has 1 saturated carbocycles. The third-order valence-corrected chi connectivity index (χ3v) is 2.59. The Morgan fingerprint density at radius 3 is 2.53 bits per heavy atom. The molecule has 1 aliphatic rings. The first-order valence-electron chi connectivity index (χ1n) is 5.34. The van der Waals surface area contributed by atoms with Crippen molar-refractivity contribution in [2.24, 2.45) is 5.73 Å². The second-order valence-electron chi connectivity index (χ2n) is 3.92. The largest absolute Gasteiger partial charge is 0.481 e. The van der Waals surface area contributed by atoms with E-state index < -0.39 is 12.0 Å². The molecule has 0 aromatic carbocycles. The molecule has 5 heteroatoms. The van der Waals surface area contributed by atoms with E-state index in [9.17, 15) is 9.59 Å². The molecule has 0 aromatic rings. The van der Waals surface area contributed by atoms with Gasteiger partial charge in [0.25, 0.3) is 0 Å². The van der Waals surface area contributed by atoms with Gasteiger partial charge < -0.3 is 15.7 Å². The summed E-state index contributed by atoms with van der Waals surface area (Å²) in [5.74, 6) is -0.986. The quantitative estimate of drug-likeness (QED) is 0.661. The minimum Gasteiger partial charge on any atom is -0.481 e. The van der Waals surface area contributed by atoms with Crippen LogP contribution in [0.4, 0.5) is 0 Å². The maximum absolute atomic E-state index is 11.8. The van der Waals surface area contributed by atoms with Crippen molar-refractivity contribution in [3.8, 4) is 0 Å². The van der Waals surface area contributed by atoms with Gasteiger partial charge in [0.15, 0.2) is 0 Å². The highest BCUT2D eigenvalue weighted by molar-refractivity contribution is 5.82. The average Bonchev–Trinajstić information content (AvgIpc) is 3.00. The normalized spacial score (nSPS) is 17.2. The van der Waals surface area contributed by atoms with Crippen molar-refractivity contribution in [1.82, 2.24) is 4.90 Å².